The van der Waals surface area contributed by atoms with Crippen LogP contribution in [0.2, 0.25) is 0 Å². The van der Waals surface area contributed by atoms with E-state index in [-0.39, 0.29) is 12.0 Å². The van der Waals surface area contributed by atoms with Crippen LogP contribution in [0.1, 0.15) is 52.4 Å². The van der Waals surface area contributed by atoms with Gasteiger partial charge in [-0.25, -0.2) is 0 Å². The van der Waals surface area contributed by atoms with Crippen LogP contribution in [0.5, 0.6) is 0 Å². The zero-order valence-corrected chi connectivity index (χ0v) is 10.8. The van der Waals surface area contributed by atoms with E-state index in [1.807, 2.05) is 0 Å². The van der Waals surface area contributed by atoms with E-state index in [2.05, 4.69) is 19.2 Å². The number of carbonyl (C=O) groups is 1. The zero-order valence-electron chi connectivity index (χ0n) is 10.8. The maximum Gasteiger partial charge on any atom is 0.322 e. The molecule has 1 aliphatic rings. The predicted octanol–water partition coefficient (Wildman–Crippen LogP) is 2.50. The lowest BCUT2D eigenvalue weighted by Crippen LogP contribution is -2.42. The van der Waals surface area contributed by atoms with Crippen LogP contribution in [-0.4, -0.2) is 25.2 Å². The Bertz CT molecular complexity index is 214. The number of rotatable bonds is 8. The van der Waals surface area contributed by atoms with Gasteiger partial charge in [-0.3, -0.25) is 4.79 Å². The van der Waals surface area contributed by atoms with Crippen LogP contribution in [0.25, 0.3) is 0 Å². The molecular formula is C13H25NO2. The van der Waals surface area contributed by atoms with Crippen molar-refractivity contribution in [2.45, 2.75) is 64.5 Å². The summed E-state index contributed by atoms with van der Waals surface area (Å²) in [4.78, 5) is 11.6. The molecule has 0 aromatic carbocycles. The molecule has 0 spiro atoms. The molecule has 0 aromatic heterocycles. The minimum atomic E-state index is -0.115. The molecule has 0 heterocycles. The van der Waals surface area contributed by atoms with E-state index < -0.39 is 0 Å². The van der Waals surface area contributed by atoms with E-state index in [0.29, 0.717) is 6.04 Å². The Morgan fingerprint density at radius 2 is 2.19 bits per heavy atom. The number of ether oxygens (including phenoxy) is 1. The second-order valence-corrected chi connectivity index (χ2v) is 4.96. The summed E-state index contributed by atoms with van der Waals surface area (Å²) < 4.78 is 4.83. The smallest absolute Gasteiger partial charge is 0.322 e. The molecular weight excluding hydrogens is 202 g/mol. The first-order valence-corrected chi connectivity index (χ1v) is 6.51. The maximum absolute atomic E-state index is 11.6. The zero-order chi connectivity index (χ0) is 12.0. The Labute approximate surface area is 98.9 Å². The van der Waals surface area contributed by atoms with Gasteiger partial charge < -0.3 is 10.1 Å². The average molecular weight is 227 g/mol. The molecule has 0 bridgehead atoms. The summed E-state index contributed by atoms with van der Waals surface area (Å²) in [7, 11) is 1.47. The SMILES string of the molecule is CCCCC(NC(C)CC1CC1)C(=O)OC. The monoisotopic (exact) mass is 227 g/mol. The predicted molar refractivity (Wildman–Crippen MR) is 65.3 cm³/mol. The molecule has 0 amide bonds. The summed E-state index contributed by atoms with van der Waals surface area (Å²) in [5.74, 6) is 0.781. The molecule has 0 radical (unpaired) electrons. The third-order valence-corrected chi connectivity index (χ3v) is 3.20. The summed E-state index contributed by atoms with van der Waals surface area (Å²) in [6.45, 7) is 4.31. The third-order valence-electron chi connectivity index (χ3n) is 3.20. The Hall–Kier alpha value is -0.570. The minimum absolute atomic E-state index is 0.112. The number of methoxy groups -OCH3 is 1. The van der Waals surface area contributed by atoms with E-state index in [0.717, 1.165) is 25.2 Å². The molecule has 0 aromatic rings. The fourth-order valence-corrected chi connectivity index (χ4v) is 2.08. The maximum atomic E-state index is 11.6. The summed E-state index contributed by atoms with van der Waals surface area (Å²) in [6, 6.07) is 0.312. The molecule has 94 valence electrons. The fraction of sp³-hybridized carbons (Fsp3) is 0.923. The van der Waals surface area contributed by atoms with Crippen molar-refractivity contribution in [1.29, 1.82) is 0 Å². The molecule has 1 saturated carbocycles. The highest BCUT2D eigenvalue weighted by molar-refractivity contribution is 5.75. The molecule has 16 heavy (non-hydrogen) atoms. The lowest BCUT2D eigenvalue weighted by atomic mass is 10.1. The Kier molecular flexibility index (Phi) is 5.81. The Balaban J connectivity index is 2.31. The average Bonchev–Trinajstić information content (AvgIpc) is 3.06. The first kappa shape index (κ1) is 13.5. The largest absolute Gasteiger partial charge is 0.468 e. The summed E-state index contributed by atoms with van der Waals surface area (Å²) >= 11 is 0. The van der Waals surface area contributed by atoms with Gasteiger partial charge in [0.1, 0.15) is 6.04 Å². The van der Waals surface area contributed by atoms with Gasteiger partial charge in [-0.15, -0.1) is 0 Å². The van der Waals surface area contributed by atoms with Crippen molar-refractivity contribution in [3.05, 3.63) is 0 Å². The minimum Gasteiger partial charge on any atom is -0.468 e. The number of hydrogen-bond acceptors (Lipinski definition) is 3. The van der Waals surface area contributed by atoms with E-state index >= 15 is 0 Å². The number of unbranched alkanes of at least 4 members (excludes halogenated alkanes) is 1. The van der Waals surface area contributed by atoms with Crippen LogP contribution in [0, 0.1) is 5.92 Å². The van der Waals surface area contributed by atoms with Gasteiger partial charge in [0.05, 0.1) is 7.11 Å². The van der Waals surface area contributed by atoms with Crippen molar-refractivity contribution >= 4 is 5.97 Å². The Morgan fingerprint density at radius 1 is 1.50 bits per heavy atom. The van der Waals surface area contributed by atoms with E-state index in [1.54, 1.807) is 0 Å². The molecule has 0 saturated heterocycles. The quantitative estimate of drug-likeness (QED) is 0.647. The first-order chi connectivity index (χ1) is 7.67. The normalized spacial score (nSPS) is 19.2. The standard InChI is InChI=1S/C13H25NO2/c1-4-5-6-12(13(15)16-3)14-10(2)9-11-7-8-11/h10-12,14H,4-9H2,1-3H3. The fourth-order valence-electron chi connectivity index (χ4n) is 2.08. The topological polar surface area (TPSA) is 38.3 Å². The van der Waals surface area contributed by atoms with Crippen molar-refractivity contribution in [1.82, 2.24) is 5.32 Å². The van der Waals surface area contributed by atoms with Gasteiger partial charge in [0, 0.05) is 6.04 Å². The number of esters is 1. The first-order valence-electron chi connectivity index (χ1n) is 6.51. The van der Waals surface area contributed by atoms with Crippen LogP contribution < -0.4 is 5.32 Å². The van der Waals surface area contributed by atoms with Crippen molar-refractivity contribution in [3.63, 3.8) is 0 Å². The molecule has 1 aliphatic carbocycles. The number of carbonyl (C=O) groups excluding carboxylic acids is 1. The van der Waals surface area contributed by atoms with Crippen LogP contribution in [0.15, 0.2) is 0 Å². The molecule has 3 nitrogen and oxygen atoms in total. The van der Waals surface area contributed by atoms with Gasteiger partial charge in [0.2, 0.25) is 0 Å². The summed E-state index contributed by atoms with van der Waals surface area (Å²) in [5, 5.41) is 3.40. The lowest BCUT2D eigenvalue weighted by molar-refractivity contribution is -0.143. The van der Waals surface area contributed by atoms with Crippen LogP contribution in [-0.2, 0) is 9.53 Å². The lowest BCUT2D eigenvalue weighted by Gasteiger charge is -2.21. The highest BCUT2D eigenvalue weighted by atomic mass is 16.5. The molecule has 1 rings (SSSR count). The van der Waals surface area contributed by atoms with Gasteiger partial charge in [-0.1, -0.05) is 32.6 Å². The van der Waals surface area contributed by atoms with Gasteiger partial charge >= 0.3 is 5.97 Å². The highest BCUT2D eigenvalue weighted by Crippen LogP contribution is 2.33. The van der Waals surface area contributed by atoms with Crippen molar-refractivity contribution in [2.75, 3.05) is 7.11 Å². The summed E-state index contributed by atoms with van der Waals surface area (Å²) in [5.41, 5.74) is 0. The second kappa shape index (κ2) is 6.89. The van der Waals surface area contributed by atoms with Crippen LogP contribution in [0.4, 0.5) is 0 Å². The number of hydrogen-bond donors (Lipinski definition) is 1. The van der Waals surface area contributed by atoms with Crippen molar-refractivity contribution < 1.29 is 9.53 Å². The van der Waals surface area contributed by atoms with E-state index in [4.69, 9.17) is 4.74 Å². The van der Waals surface area contributed by atoms with Gasteiger partial charge in [0.15, 0.2) is 0 Å². The van der Waals surface area contributed by atoms with Crippen molar-refractivity contribution in [3.8, 4) is 0 Å². The molecule has 2 atom stereocenters. The molecule has 1 fully saturated rings. The third kappa shape index (κ3) is 4.97. The van der Waals surface area contributed by atoms with Crippen LogP contribution >= 0.6 is 0 Å². The molecule has 1 N–H and O–H groups in total. The second-order valence-electron chi connectivity index (χ2n) is 4.96. The highest BCUT2D eigenvalue weighted by Gasteiger charge is 2.26. The molecule has 0 aliphatic heterocycles. The molecule has 2 unspecified atom stereocenters. The van der Waals surface area contributed by atoms with Crippen LogP contribution in [0.3, 0.4) is 0 Å². The molecule has 3 heteroatoms. The van der Waals surface area contributed by atoms with Gasteiger partial charge in [-0.05, 0) is 25.7 Å². The van der Waals surface area contributed by atoms with Crippen molar-refractivity contribution in [2.24, 2.45) is 5.92 Å². The number of nitrogens with one attached hydrogen (secondary N) is 1. The van der Waals surface area contributed by atoms with E-state index in [1.165, 1.54) is 26.4 Å². The van der Waals surface area contributed by atoms with E-state index in [9.17, 15) is 4.79 Å². The Morgan fingerprint density at radius 3 is 2.69 bits per heavy atom. The van der Waals surface area contributed by atoms with Gasteiger partial charge in [0.25, 0.3) is 0 Å². The van der Waals surface area contributed by atoms with Gasteiger partial charge in [-0.2, -0.15) is 0 Å². The summed E-state index contributed by atoms with van der Waals surface area (Å²) in [6.07, 6.45) is 7.00.